The highest BCUT2D eigenvalue weighted by Crippen LogP contribution is 2.35. The van der Waals surface area contributed by atoms with Gasteiger partial charge < -0.3 is 10.5 Å². The first-order valence-electron chi connectivity index (χ1n) is 6.74. The fourth-order valence-electron chi connectivity index (χ4n) is 2.41. The highest BCUT2D eigenvalue weighted by atomic mass is 79.9. The van der Waals surface area contributed by atoms with E-state index in [0.29, 0.717) is 17.9 Å². The standard InChI is InChI=1S/C16H24BrNO2/c1-15(2,10-17)9-16(3,4)11-20-13-7-5-6-12(8-13)14(18)19/h5-8H,9-11H2,1-4H3,(H2,18,19). The third-order valence-electron chi connectivity index (χ3n) is 3.07. The summed E-state index contributed by atoms with van der Waals surface area (Å²) in [5, 5.41) is 0.959. The SMILES string of the molecule is CC(C)(CBr)CC(C)(C)COc1cccc(C(N)=O)c1. The summed E-state index contributed by atoms with van der Waals surface area (Å²) >= 11 is 3.55. The molecule has 1 aromatic rings. The van der Waals surface area contributed by atoms with Crippen molar-refractivity contribution in [1.82, 2.24) is 0 Å². The third-order valence-corrected chi connectivity index (χ3v) is 4.58. The number of alkyl halides is 1. The van der Waals surface area contributed by atoms with E-state index in [1.54, 1.807) is 18.2 Å². The van der Waals surface area contributed by atoms with Crippen molar-refractivity contribution in [1.29, 1.82) is 0 Å². The van der Waals surface area contributed by atoms with Crippen LogP contribution in [0.4, 0.5) is 0 Å². The lowest BCUT2D eigenvalue weighted by atomic mass is 9.77. The number of carbonyl (C=O) groups excluding carboxylic acids is 1. The molecule has 0 aliphatic rings. The normalized spacial score (nSPS) is 12.2. The van der Waals surface area contributed by atoms with Gasteiger partial charge in [-0.1, -0.05) is 49.7 Å². The Bertz CT molecular complexity index is 469. The second-order valence-corrected chi connectivity index (χ2v) is 7.38. The lowest BCUT2D eigenvalue weighted by molar-refractivity contribution is 0.0999. The molecule has 0 radical (unpaired) electrons. The Hall–Kier alpha value is -1.03. The molecule has 20 heavy (non-hydrogen) atoms. The molecule has 0 aromatic heterocycles. The van der Waals surface area contributed by atoms with Crippen LogP contribution in [0.15, 0.2) is 24.3 Å². The van der Waals surface area contributed by atoms with E-state index in [1.165, 1.54) is 0 Å². The number of hydrogen-bond donors (Lipinski definition) is 1. The molecular formula is C16H24BrNO2. The summed E-state index contributed by atoms with van der Waals surface area (Å²) in [5.74, 6) is 0.251. The molecule has 0 saturated carbocycles. The molecule has 3 nitrogen and oxygen atoms in total. The van der Waals surface area contributed by atoms with Gasteiger partial charge in [-0.25, -0.2) is 0 Å². The minimum absolute atomic E-state index is 0.0556. The zero-order valence-electron chi connectivity index (χ0n) is 12.7. The van der Waals surface area contributed by atoms with Gasteiger partial charge in [-0.2, -0.15) is 0 Å². The van der Waals surface area contributed by atoms with Gasteiger partial charge in [-0.15, -0.1) is 0 Å². The number of halogens is 1. The molecule has 0 aliphatic heterocycles. The van der Waals surface area contributed by atoms with E-state index in [4.69, 9.17) is 10.5 Å². The minimum atomic E-state index is -0.435. The van der Waals surface area contributed by atoms with E-state index >= 15 is 0 Å². The lowest BCUT2D eigenvalue weighted by Crippen LogP contribution is -2.29. The van der Waals surface area contributed by atoms with Crippen LogP contribution in [0.25, 0.3) is 0 Å². The quantitative estimate of drug-likeness (QED) is 0.762. The van der Waals surface area contributed by atoms with E-state index in [-0.39, 0.29) is 10.8 Å². The van der Waals surface area contributed by atoms with Crippen molar-refractivity contribution in [2.45, 2.75) is 34.1 Å². The van der Waals surface area contributed by atoms with E-state index in [0.717, 1.165) is 11.8 Å². The van der Waals surface area contributed by atoms with Crippen LogP contribution >= 0.6 is 15.9 Å². The predicted octanol–water partition coefficient (Wildman–Crippen LogP) is 4.00. The fourth-order valence-corrected chi connectivity index (χ4v) is 2.61. The Morgan fingerprint density at radius 2 is 1.90 bits per heavy atom. The van der Waals surface area contributed by atoms with Gasteiger partial charge in [0.1, 0.15) is 5.75 Å². The highest BCUT2D eigenvalue weighted by molar-refractivity contribution is 9.09. The summed E-state index contributed by atoms with van der Waals surface area (Å²) in [6.07, 6.45) is 1.04. The van der Waals surface area contributed by atoms with Gasteiger partial charge >= 0.3 is 0 Å². The Morgan fingerprint density at radius 1 is 1.25 bits per heavy atom. The molecule has 2 N–H and O–H groups in total. The van der Waals surface area contributed by atoms with Crippen LogP contribution in [0.2, 0.25) is 0 Å². The van der Waals surface area contributed by atoms with E-state index in [9.17, 15) is 4.79 Å². The average molecular weight is 342 g/mol. The van der Waals surface area contributed by atoms with E-state index < -0.39 is 5.91 Å². The summed E-state index contributed by atoms with van der Waals surface area (Å²) in [4.78, 5) is 11.1. The summed E-state index contributed by atoms with van der Waals surface area (Å²) < 4.78 is 5.83. The van der Waals surface area contributed by atoms with Crippen LogP contribution in [-0.4, -0.2) is 17.8 Å². The monoisotopic (exact) mass is 341 g/mol. The van der Waals surface area contributed by atoms with Crippen LogP contribution < -0.4 is 10.5 Å². The van der Waals surface area contributed by atoms with E-state index in [2.05, 4.69) is 43.6 Å². The van der Waals surface area contributed by atoms with Crippen LogP contribution in [0.3, 0.4) is 0 Å². The molecule has 112 valence electrons. The summed E-state index contributed by atoms with van der Waals surface area (Å²) in [5.41, 5.74) is 6.02. The van der Waals surface area contributed by atoms with Crippen LogP contribution in [-0.2, 0) is 0 Å². The molecule has 0 atom stereocenters. The number of nitrogens with two attached hydrogens (primary N) is 1. The second kappa shape index (κ2) is 6.61. The summed E-state index contributed by atoms with van der Waals surface area (Å²) in [7, 11) is 0. The minimum Gasteiger partial charge on any atom is -0.493 e. The molecule has 0 fully saturated rings. The van der Waals surface area contributed by atoms with Gasteiger partial charge in [-0.3, -0.25) is 4.79 Å². The molecule has 0 heterocycles. The van der Waals surface area contributed by atoms with Gasteiger partial charge in [0.2, 0.25) is 5.91 Å². The number of amides is 1. The molecule has 4 heteroatoms. The maximum atomic E-state index is 11.1. The Balaban J connectivity index is 2.66. The molecule has 0 unspecified atom stereocenters. The van der Waals surface area contributed by atoms with Crippen molar-refractivity contribution in [3.8, 4) is 5.75 Å². The van der Waals surface area contributed by atoms with Crippen molar-refractivity contribution < 1.29 is 9.53 Å². The smallest absolute Gasteiger partial charge is 0.248 e. The first-order chi connectivity index (χ1) is 9.15. The van der Waals surface area contributed by atoms with Gasteiger partial charge in [-0.05, 0) is 35.4 Å². The molecule has 0 aliphatic carbocycles. The summed E-state index contributed by atoms with van der Waals surface area (Å²) in [6.45, 7) is 9.45. The number of ether oxygens (including phenoxy) is 1. The summed E-state index contributed by atoms with van der Waals surface area (Å²) in [6, 6.07) is 7.01. The van der Waals surface area contributed by atoms with Gasteiger partial charge in [0.15, 0.2) is 0 Å². The first-order valence-corrected chi connectivity index (χ1v) is 7.86. The Kier molecular flexibility index (Phi) is 5.63. The predicted molar refractivity (Wildman–Crippen MR) is 86.4 cm³/mol. The van der Waals surface area contributed by atoms with Gasteiger partial charge in [0.25, 0.3) is 0 Å². The molecule has 0 spiro atoms. The van der Waals surface area contributed by atoms with Crippen molar-refractivity contribution in [2.75, 3.05) is 11.9 Å². The lowest BCUT2D eigenvalue weighted by Gasteiger charge is -2.33. The second-order valence-electron chi connectivity index (χ2n) is 6.82. The topological polar surface area (TPSA) is 52.3 Å². The van der Waals surface area contributed by atoms with E-state index in [1.807, 2.05) is 6.07 Å². The molecule has 1 aromatic carbocycles. The van der Waals surface area contributed by atoms with Crippen molar-refractivity contribution in [2.24, 2.45) is 16.6 Å². The number of benzene rings is 1. The van der Waals surface area contributed by atoms with Crippen LogP contribution in [0, 0.1) is 10.8 Å². The maximum absolute atomic E-state index is 11.1. The van der Waals surface area contributed by atoms with Crippen molar-refractivity contribution in [3.63, 3.8) is 0 Å². The number of rotatable bonds is 7. The van der Waals surface area contributed by atoms with Crippen LogP contribution in [0.1, 0.15) is 44.5 Å². The number of hydrogen-bond acceptors (Lipinski definition) is 2. The molecule has 1 amide bonds. The third kappa shape index (κ3) is 5.53. The molecule has 0 saturated heterocycles. The number of primary amides is 1. The van der Waals surface area contributed by atoms with Gasteiger partial charge in [0, 0.05) is 10.9 Å². The van der Waals surface area contributed by atoms with Crippen molar-refractivity contribution in [3.05, 3.63) is 29.8 Å². The Morgan fingerprint density at radius 3 is 2.45 bits per heavy atom. The average Bonchev–Trinajstić information content (AvgIpc) is 2.36. The Labute approximate surface area is 130 Å². The maximum Gasteiger partial charge on any atom is 0.248 e. The zero-order valence-corrected chi connectivity index (χ0v) is 14.3. The van der Waals surface area contributed by atoms with Crippen LogP contribution in [0.5, 0.6) is 5.75 Å². The largest absolute Gasteiger partial charge is 0.493 e. The van der Waals surface area contributed by atoms with Crippen molar-refractivity contribution >= 4 is 21.8 Å². The fraction of sp³-hybridized carbons (Fsp3) is 0.562. The zero-order chi connectivity index (χ0) is 15.4. The molecular weight excluding hydrogens is 318 g/mol. The highest BCUT2D eigenvalue weighted by Gasteiger charge is 2.28. The van der Waals surface area contributed by atoms with Gasteiger partial charge in [0.05, 0.1) is 6.61 Å². The molecule has 0 bridgehead atoms. The first kappa shape index (κ1) is 17.0. The molecule has 1 rings (SSSR count). The number of carbonyl (C=O) groups is 1.